The zero-order valence-corrected chi connectivity index (χ0v) is 11.2. The molecular weight excluding hydrogens is 248 g/mol. The van der Waals surface area contributed by atoms with Crippen molar-refractivity contribution >= 4 is 17.3 Å². The average molecular weight is 265 g/mol. The molecule has 5 heteroatoms. The number of nitriles is 1. The van der Waals surface area contributed by atoms with Crippen molar-refractivity contribution in [2.75, 3.05) is 38.1 Å². The Balaban J connectivity index is 2.25. The van der Waals surface area contributed by atoms with Gasteiger partial charge in [-0.05, 0) is 25.2 Å². The van der Waals surface area contributed by atoms with Gasteiger partial charge in [0.1, 0.15) is 6.07 Å². The highest BCUT2D eigenvalue weighted by atomic mass is 35.5. The lowest BCUT2D eigenvalue weighted by Gasteiger charge is -2.41. The van der Waals surface area contributed by atoms with E-state index in [1.54, 1.807) is 6.07 Å². The van der Waals surface area contributed by atoms with E-state index >= 15 is 0 Å². The SMILES string of the molecule is CN1CCN(c2ccc(C#N)c(Cl)c2)C(CN)C1. The number of nitrogens with two attached hydrogens (primary N) is 1. The van der Waals surface area contributed by atoms with Crippen LogP contribution >= 0.6 is 11.6 Å². The van der Waals surface area contributed by atoms with Gasteiger partial charge in [0.15, 0.2) is 0 Å². The minimum Gasteiger partial charge on any atom is -0.365 e. The fourth-order valence-corrected chi connectivity index (χ4v) is 2.54. The second kappa shape index (κ2) is 5.57. The van der Waals surface area contributed by atoms with Crippen molar-refractivity contribution < 1.29 is 0 Å². The summed E-state index contributed by atoms with van der Waals surface area (Å²) in [5.41, 5.74) is 7.39. The molecule has 18 heavy (non-hydrogen) atoms. The van der Waals surface area contributed by atoms with Crippen LogP contribution in [-0.4, -0.2) is 44.2 Å². The zero-order valence-electron chi connectivity index (χ0n) is 10.4. The molecule has 1 atom stereocenters. The van der Waals surface area contributed by atoms with Crippen LogP contribution in [0.5, 0.6) is 0 Å². The van der Waals surface area contributed by atoms with E-state index in [0.717, 1.165) is 25.3 Å². The third kappa shape index (κ3) is 2.59. The maximum atomic E-state index is 8.88. The zero-order chi connectivity index (χ0) is 13.1. The first-order valence-electron chi connectivity index (χ1n) is 6.00. The van der Waals surface area contributed by atoms with Gasteiger partial charge in [-0.25, -0.2) is 0 Å². The Kier molecular flexibility index (Phi) is 4.07. The van der Waals surface area contributed by atoms with Gasteiger partial charge in [-0.15, -0.1) is 0 Å². The molecule has 1 saturated heterocycles. The number of hydrogen-bond donors (Lipinski definition) is 1. The predicted molar refractivity (Wildman–Crippen MR) is 73.9 cm³/mol. The molecule has 1 aliphatic rings. The average Bonchev–Trinajstić information content (AvgIpc) is 2.38. The Morgan fingerprint density at radius 1 is 1.50 bits per heavy atom. The molecule has 96 valence electrons. The second-order valence-electron chi connectivity index (χ2n) is 4.62. The van der Waals surface area contributed by atoms with Crippen molar-refractivity contribution in [3.63, 3.8) is 0 Å². The maximum absolute atomic E-state index is 8.88. The van der Waals surface area contributed by atoms with E-state index in [-0.39, 0.29) is 0 Å². The number of rotatable bonds is 2. The lowest BCUT2D eigenvalue weighted by molar-refractivity contribution is 0.270. The standard InChI is InChI=1S/C13H17ClN4/c1-17-4-5-18(12(8-16)9-17)11-3-2-10(7-15)13(14)6-11/h2-3,6,12H,4-5,8-9,16H2,1H3. The van der Waals surface area contributed by atoms with Gasteiger partial charge in [0.25, 0.3) is 0 Å². The van der Waals surface area contributed by atoms with Crippen LogP contribution in [0.3, 0.4) is 0 Å². The third-order valence-electron chi connectivity index (χ3n) is 3.36. The van der Waals surface area contributed by atoms with Crippen LogP contribution in [0.25, 0.3) is 0 Å². The van der Waals surface area contributed by atoms with E-state index in [0.29, 0.717) is 23.2 Å². The number of piperazine rings is 1. The number of anilines is 1. The van der Waals surface area contributed by atoms with E-state index in [4.69, 9.17) is 22.6 Å². The summed E-state index contributed by atoms with van der Waals surface area (Å²) in [4.78, 5) is 4.55. The maximum Gasteiger partial charge on any atom is 0.101 e. The molecule has 0 bridgehead atoms. The molecule has 0 saturated carbocycles. The van der Waals surface area contributed by atoms with E-state index in [1.165, 1.54) is 0 Å². The summed E-state index contributed by atoms with van der Waals surface area (Å²) in [5, 5.41) is 9.38. The Morgan fingerprint density at radius 2 is 2.28 bits per heavy atom. The van der Waals surface area contributed by atoms with Crippen LogP contribution in [0.4, 0.5) is 5.69 Å². The Labute approximate surface area is 113 Å². The van der Waals surface area contributed by atoms with E-state index in [9.17, 15) is 0 Å². The van der Waals surface area contributed by atoms with Crippen LogP contribution in [-0.2, 0) is 0 Å². The van der Waals surface area contributed by atoms with Crippen molar-refractivity contribution in [3.05, 3.63) is 28.8 Å². The molecular formula is C13H17ClN4. The lowest BCUT2D eigenvalue weighted by atomic mass is 10.1. The number of nitrogens with zero attached hydrogens (tertiary/aromatic N) is 3. The third-order valence-corrected chi connectivity index (χ3v) is 3.68. The largest absolute Gasteiger partial charge is 0.365 e. The number of likely N-dealkylation sites (N-methyl/N-ethyl adjacent to an activating group) is 1. The number of halogens is 1. The summed E-state index contributed by atoms with van der Waals surface area (Å²) in [6.07, 6.45) is 0. The molecule has 1 unspecified atom stereocenters. The molecule has 2 N–H and O–H groups in total. The van der Waals surface area contributed by atoms with Crippen LogP contribution in [0.2, 0.25) is 5.02 Å². The number of hydrogen-bond acceptors (Lipinski definition) is 4. The topological polar surface area (TPSA) is 56.3 Å². The van der Waals surface area contributed by atoms with Gasteiger partial charge in [0.05, 0.1) is 16.6 Å². The number of benzene rings is 1. The summed E-state index contributed by atoms with van der Waals surface area (Å²) in [7, 11) is 2.10. The van der Waals surface area contributed by atoms with Crippen LogP contribution < -0.4 is 10.6 Å². The van der Waals surface area contributed by atoms with Gasteiger partial charge in [0, 0.05) is 31.9 Å². The minimum absolute atomic E-state index is 0.299. The minimum atomic E-state index is 0.299. The molecule has 4 nitrogen and oxygen atoms in total. The molecule has 0 aliphatic carbocycles. The van der Waals surface area contributed by atoms with Crippen molar-refractivity contribution in [1.29, 1.82) is 5.26 Å². The van der Waals surface area contributed by atoms with Gasteiger partial charge in [-0.3, -0.25) is 0 Å². The van der Waals surface area contributed by atoms with Crippen LogP contribution in [0.15, 0.2) is 18.2 Å². The summed E-state index contributed by atoms with van der Waals surface area (Å²) in [6.45, 7) is 3.50. The van der Waals surface area contributed by atoms with E-state index in [1.807, 2.05) is 12.1 Å². The quantitative estimate of drug-likeness (QED) is 0.875. The van der Waals surface area contributed by atoms with Crippen molar-refractivity contribution in [1.82, 2.24) is 4.90 Å². The highest BCUT2D eigenvalue weighted by molar-refractivity contribution is 6.32. The van der Waals surface area contributed by atoms with Gasteiger partial charge in [0.2, 0.25) is 0 Å². The summed E-state index contributed by atoms with van der Waals surface area (Å²) < 4.78 is 0. The van der Waals surface area contributed by atoms with Gasteiger partial charge < -0.3 is 15.5 Å². The molecule has 1 aliphatic heterocycles. The normalized spacial score (nSPS) is 20.8. The van der Waals surface area contributed by atoms with Crippen LogP contribution in [0.1, 0.15) is 5.56 Å². The Bertz CT molecular complexity index is 469. The fraction of sp³-hybridized carbons (Fsp3) is 0.462. The first-order chi connectivity index (χ1) is 8.65. The van der Waals surface area contributed by atoms with E-state index < -0.39 is 0 Å². The van der Waals surface area contributed by atoms with Crippen molar-refractivity contribution in [2.24, 2.45) is 5.73 Å². The molecule has 0 spiro atoms. The Morgan fingerprint density at radius 3 is 2.89 bits per heavy atom. The molecule has 0 aromatic heterocycles. The van der Waals surface area contributed by atoms with E-state index in [2.05, 4.69) is 22.9 Å². The Hall–Kier alpha value is -1.28. The summed E-state index contributed by atoms with van der Waals surface area (Å²) in [5.74, 6) is 0. The van der Waals surface area contributed by atoms with Gasteiger partial charge >= 0.3 is 0 Å². The predicted octanol–water partition coefficient (Wildman–Crippen LogP) is 1.29. The monoisotopic (exact) mass is 264 g/mol. The highest BCUT2D eigenvalue weighted by Gasteiger charge is 2.24. The lowest BCUT2D eigenvalue weighted by Crippen LogP contribution is -2.55. The second-order valence-corrected chi connectivity index (χ2v) is 5.03. The molecule has 0 amide bonds. The first-order valence-corrected chi connectivity index (χ1v) is 6.38. The molecule has 2 rings (SSSR count). The smallest absolute Gasteiger partial charge is 0.101 e. The van der Waals surface area contributed by atoms with Gasteiger partial charge in [-0.1, -0.05) is 11.6 Å². The van der Waals surface area contributed by atoms with Gasteiger partial charge in [-0.2, -0.15) is 5.26 Å². The highest BCUT2D eigenvalue weighted by Crippen LogP contribution is 2.25. The molecule has 1 fully saturated rings. The molecule has 1 heterocycles. The van der Waals surface area contributed by atoms with Crippen molar-refractivity contribution in [3.8, 4) is 6.07 Å². The van der Waals surface area contributed by atoms with Crippen LogP contribution in [0, 0.1) is 11.3 Å². The van der Waals surface area contributed by atoms with Crippen molar-refractivity contribution in [2.45, 2.75) is 6.04 Å². The molecule has 1 aromatic rings. The molecule has 0 radical (unpaired) electrons. The summed E-state index contributed by atoms with van der Waals surface area (Å²) in [6, 6.07) is 7.94. The fourth-order valence-electron chi connectivity index (χ4n) is 2.33. The summed E-state index contributed by atoms with van der Waals surface area (Å²) >= 11 is 6.08. The first kappa shape index (κ1) is 13.2. The molecule has 1 aromatic carbocycles.